The summed E-state index contributed by atoms with van der Waals surface area (Å²) in [5.74, 6) is -0.239. The van der Waals surface area contributed by atoms with E-state index in [1.807, 2.05) is 13.8 Å². The first-order chi connectivity index (χ1) is 9.85. The second-order valence-electron chi connectivity index (χ2n) is 5.38. The predicted molar refractivity (Wildman–Crippen MR) is 84.8 cm³/mol. The van der Waals surface area contributed by atoms with Crippen LogP contribution in [0.15, 0.2) is 18.2 Å². The van der Waals surface area contributed by atoms with Gasteiger partial charge in [-0.3, -0.25) is 14.5 Å². The molecule has 3 unspecified atom stereocenters. The normalized spacial score (nSPS) is 24.0. The van der Waals surface area contributed by atoms with Crippen LogP contribution in [0.2, 0.25) is 10.0 Å². The number of anilines is 1. The number of hydrogen-bond donors (Lipinski definition) is 1. The molecule has 2 rings (SSSR count). The van der Waals surface area contributed by atoms with Crippen molar-refractivity contribution in [2.75, 3.05) is 4.90 Å². The van der Waals surface area contributed by atoms with E-state index in [9.17, 15) is 9.59 Å². The third-order valence-electron chi connectivity index (χ3n) is 3.91. The van der Waals surface area contributed by atoms with Gasteiger partial charge in [0.1, 0.15) is 12.1 Å². The van der Waals surface area contributed by atoms with E-state index in [1.54, 1.807) is 25.1 Å². The SMILES string of the molecule is CCC(C)C1NC(=O)C(C)N(c2cc(Cl)cc(Cl)c2)C1=O. The van der Waals surface area contributed by atoms with Gasteiger partial charge in [0.25, 0.3) is 5.91 Å². The molecule has 0 saturated carbocycles. The Hall–Kier alpha value is -1.26. The molecule has 21 heavy (non-hydrogen) atoms. The average molecular weight is 329 g/mol. The highest BCUT2D eigenvalue weighted by Crippen LogP contribution is 2.29. The molecule has 114 valence electrons. The van der Waals surface area contributed by atoms with Crippen molar-refractivity contribution in [1.29, 1.82) is 0 Å². The average Bonchev–Trinajstić information content (AvgIpc) is 2.41. The number of benzene rings is 1. The summed E-state index contributed by atoms with van der Waals surface area (Å²) in [5, 5.41) is 3.67. The number of carbonyl (C=O) groups excluding carboxylic acids is 2. The molecule has 1 aliphatic heterocycles. The third-order valence-corrected chi connectivity index (χ3v) is 4.34. The quantitative estimate of drug-likeness (QED) is 0.925. The van der Waals surface area contributed by atoms with Gasteiger partial charge in [0.2, 0.25) is 5.91 Å². The van der Waals surface area contributed by atoms with Crippen molar-refractivity contribution in [3.8, 4) is 0 Å². The highest BCUT2D eigenvalue weighted by Gasteiger charge is 2.40. The fraction of sp³-hybridized carbons (Fsp3) is 0.467. The van der Waals surface area contributed by atoms with Gasteiger partial charge in [0, 0.05) is 15.7 Å². The zero-order chi connectivity index (χ0) is 15.7. The number of hydrogen-bond acceptors (Lipinski definition) is 2. The third kappa shape index (κ3) is 3.16. The van der Waals surface area contributed by atoms with Crippen molar-refractivity contribution < 1.29 is 9.59 Å². The summed E-state index contributed by atoms with van der Waals surface area (Å²) >= 11 is 12.0. The molecule has 0 aromatic heterocycles. The number of amides is 2. The highest BCUT2D eigenvalue weighted by atomic mass is 35.5. The smallest absolute Gasteiger partial charge is 0.250 e. The monoisotopic (exact) mass is 328 g/mol. The number of nitrogens with one attached hydrogen (secondary N) is 1. The molecule has 0 aliphatic carbocycles. The molecule has 1 aromatic carbocycles. The van der Waals surface area contributed by atoms with Crippen molar-refractivity contribution in [3.63, 3.8) is 0 Å². The molecular formula is C15H18Cl2N2O2. The molecule has 1 saturated heterocycles. The molecule has 6 heteroatoms. The Kier molecular flexibility index (Phi) is 4.79. The molecule has 2 amide bonds. The summed E-state index contributed by atoms with van der Waals surface area (Å²) in [6.45, 7) is 5.62. The van der Waals surface area contributed by atoms with E-state index in [0.29, 0.717) is 15.7 Å². The lowest BCUT2D eigenvalue weighted by Gasteiger charge is -2.39. The fourth-order valence-corrected chi connectivity index (χ4v) is 2.96. The van der Waals surface area contributed by atoms with Gasteiger partial charge in [-0.25, -0.2) is 0 Å². The van der Waals surface area contributed by atoms with Gasteiger partial charge in [-0.15, -0.1) is 0 Å². The van der Waals surface area contributed by atoms with Gasteiger partial charge >= 0.3 is 0 Å². The van der Waals surface area contributed by atoms with Crippen LogP contribution >= 0.6 is 23.2 Å². The fourth-order valence-electron chi connectivity index (χ4n) is 2.44. The Bertz CT molecular complexity index is 557. The topological polar surface area (TPSA) is 49.4 Å². The zero-order valence-corrected chi connectivity index (χ0v) is 13.7. The van der Waals surface area contributed by atoms with E-state index in [4.69, 9.17) is 23.2 Å². The van der Waals surface area contributed by atoms with Crippen LogP contribution in [0.3, 0.4) is 0 Å². The van der Waals surface area contributed by atoms with Crippen LogP contribution in [0.1, 0.15) is 27.2 Å². The highest BCUT2D eigenvalue weighted by molar-refractivity contribution is 6.35. The lowest BCUT2D eigenvalue weighted by atomic mass is 9.94. The minimum Gasteiger partial charge on any atom is -0.342 e. The number of rotatable bonds is 3. The summed E-state index contributed by atoms with van der Waals surface area (Å²) in [5.41, 5.74) is 0.549. The zero-order valence-electron chi connectivity index (χ0n) is 12.2. The van der Waals surface area contributed by atoms with Gasteiger partial charge in [-0.2, -0.15) is 0 Å². The van der Waals surface area contributed by atoms with Crippen molar-refractivity contribution in [3.05, 3.63) is 28.2 Å². The molecule has 1 aromatic rings. The van der Waals surface area contributed by atoms with E-state index in [2.05, 4.69) is 5.32 Å². The number of nitrogens with zero attached hydrogens (tertiary/aromatic N) is 1. The molecule has 0 bridgehead atoms. The summed E-state index contributed by atoms with van der Waals surface area (Å²) < 4.78 is 0. The predicted octanol–water partition coefficient (Wildman–Crippen LogP) is 3.26. The molecule has 3 atom stereocenters. The summed E-state index contributed by atoms with van der Waals surface area (Å²) in [7, 11) is 0. The Morgan fingerprint density at radius 3 is 2.33 bits per heavy atom. The lowest BCUT2D eigenvalue weighted by Crippen LogP contribution is -2.64. The molecule has 1 fully saturated rings. The number of carbonyl (C=O) groups is 2. The molecule has 1 heterocycles. The number of piperazine rings is 1. The summed E-state index contributed by atoms with van der Waals surface area (Å²) in [6, 6.07) is 3.78. The maximum atomic E-state index is 12.7. The first-order valence-corrected chi connectivity index (χ1v) is 7.70. The Morgan fingerprint density at radius 2 is 1.81 bits per heavy atom. The molecule has 0 spiro atoms. The second kappa shape index (κ2) is 6.24. The van der Waals surface area contributed by atoms with Crippen LogP contribution in [-0.4, -0.2) is 23.9 Å². The standard InChI is InChI=1S/C15H18Cl2N2O2/c1-4-8(2)13-15(21)19(9(3)14(20)18-13)12-6-10(16)5-11(17)7-12/h5-9,13H,4H2,1-3H3,(H,18,20). The van der Waals surface area contributed by atoms with Crippen LogP contribution < -0.4 is 10.2 Å². The molecular weight excluding hydrogens is 311 g/mol. The van der Waals surface area contributed by atoms with Crippen LogP contribution in [0.25, 0.3) is 0 Å². The Labute approximate surface area is 134 Å². The lowest BCUT2D eigenvalue weighted by molar-refractivity contribution is -0.134. The maximum Gasteiger partial charge on any atom is 0.250 e. The van der Waals surface area contributed by atoms with Crippen LogP contribution in [0.5, 0.6) is 0 Å². The summed E-state index contributed by atoms with van der Waals surface area (Å²) in [6.07, 6.45) is 0.801. The minimum absolute atomic E-state index is 0.0612. The van der Waals surface area contributed by atoms with E-state index >= 15 is 0 Å². The van der Waals surface area contributed by atoms with Gasteiger partial charge in [-0.05, 0) is 31.0 Å². The Balaban J connectivity index is 2.43. The molecule has 4 nitrogen and oxygen atoms in total. The molecule has 0 radical (unpaired) electrons. The van der Waals surface area contributed by atoms with Gasteiger partial charge in [0.15, 0.2) is 0 Å². The van der Waals surface area contributed by atoms with E-state index in [0.717, 1.165) is 6.42 Å². The van der Waals surface area contributed by atoms with Crippen molar-refractivity contribution in [2.45, 2.75) is 39.3 Å². The number of halogens is 2. The van der Waals surface area contributed by atoms with Crippen LogP contribution in [0.4, 0.5) is 5.69 Å². The van der Waals surface area contributed by atoms with Crippen LogP contribution in [0, 0.1) is 5.92 Å². The van der Waals surface area contributed by atoms with E-state index in [1.165, 1.54) is 4.90 Å². The first kappa shape index (κ1) is 16.1. The van der Waals surface area contributed by atoms with Gasteiger partial charge in [0.05, 0.1) is 0 Å². The van der Waals surface area contributed by atoms with Crippen molar-refractivity contribution in [2.24, 2.45) is 5.92 Å². The van der Waals surface area contributed by atoms with Gasteiger partial charge in [-0.1, -0.05) is 43.5 Å². The maximum absolute atomic E-state index is 12.7. The molecule has 1 N–H and O–H groups in total. The second-order valence-corrected chi connectivity index (χ2v) is 6.26. The van der Waals surface area contributed by atoms with Crippen molar-refractivity contribution >= 4 is 40.7 Å². The summed E-state index contributed by atoms with van der Waals surface area (Å²) in [4.78, 5) is 26.4. The first-order valence-electron chi connectivity index (χ1n) is 6.94. The van der Waals surface area contributed by atoms with Crippen LogP contribution in [-0.2, 0) is 9.59 Å². The molecule has 1 aliphatic rings. The minimum atomic E-state index is -0.590. The Morgan fingerprint density at radius 1 is 1.24 bits per heavy atom. The van der Waals surface area contributed by atoms with E-state index < -0.39 is 12.1 Å². The van der Waals surface area contributed by atoms with Crippen molar-refractivity contribution in [1.82, 2.24) is 5.32 Å². The van der Waals surface area contributed by atoms with Gasteiger partial charge < -0.3 is 5.32 Å². The van der Waals surface area contributed by atoms with E-state index in [-0.39, 0.29) is 17.7 Å². The largest absolute Gasteiger partial charge is 0.342 e.